The Morgan fingerprint density at radius 2 is 1.81 bits per heavy atom. The summed E-state index contributed by atoms with van der Waals surface area (Å²) in [4.78, 5) is 13.1. The van der Waals surface area contributed by atoms with Gasteiger partial charge in [-0.3, -0.25) is 4.79 Å². The van der Waals surface area contributed by atoms with Crippen molar-refractivity contribution in [1.29, 1.82) is 0 Å². The highest BCUT2D eigenvalue weighted by molar-refractivity contribution is 5.66. The van der Waals surface area contributed by atoms with Crippen molar-refractivity contribution in [3.63, 3.8) is 0 Å². The second-order valence-electron chi connectivity index (χ2n) is 7.95. The molecular formula is C25H28F3NO2. The molecule has 166 valence electrons. The van der Waals surface area contributed by atoms with Crippen LogP contribution in [0.5, 0.6) is 0 Å². The highest BCUT2D eigenvalue weighted by Crippen LogP contribution is 2.29. The molecule has 0 amide bonds. The molecule has 0 spiro atoms. The SMILES string of the molecule is O=C(O)CCCN1CCc2cccc(CC/C=C/c3ccc(C(F)(F)F)cc3)c2CC1. The van der Waals surface area contributed by atoms with Crippen LogP contribution in [-0.4, -0.2) is 35.6 Å². The van der Waals surface area contributed by atoms with Crippen molar-refractivity contribution in [2.45, 2.75) is 44.7 Å². The lowest BCUT2D eigenvalue weighted by molar-refractivity contribution is -0.138. The van der Waals surface area contributed by atoms with Crippen molar-refractivity contribution < 1.29 is 23.1 Å². The van der Waals surface area contributed by atoms with Gasteiger partial charge in [-0.1, -0.05) is 42.5 Å². The molecule has 0 saturated heterocycles. The Morgan fingerprint density at radius 1 is 1.06 bits per heavy atom. The fourth-order valence-corrected chi connectivity index (χ4v) is 4.06. The minimum absolute atomic E-state index is 0.208. The number of benzene rings is 2. The van der Waals surface area contributed by atoms with E-state index in [0.29, 0.717) is 6.42 Å². The van der Waals surface area contributed by atoms with Crippen molar-refractivity contribution in [3.05, 3.63) is 76.4 Å². The second kappa shape index (κ2) is 10.6. The van der Waals surface area contributed by atoms with Crippen LogP contribution in [0.1, 0.15) is 47.1 Å². The first kappa shape index (κ1) is 23.1. The summed E-state index contributed by atoms with van der Waals surface area (Å²) in [6.07, 6.45) is 4.09. The third-order valence-corrected chi connectivity index (χ3v) is 5.74. The number of aliphatic carboxylic acids is 1. The van der Waals surface area contributed by atoms with Crippen LogP contribution in [0.3, 0.4) is 0 Å². The van der Waals surface area contributed by atoms with Gasteiger partial charge in [0.2, 0.25) is 0 Å². The molecule has 0 bridgehead atoms. The first-order valence-corrected chi connectivity index (χ1v) is 10.7. The number of aryl methyl sites for hydroxylation is 1. The van der Waals surface area contributed by atoms with E-state index < -0.39 is 17.7 Å². The van der Waals surface area contributed by atoms with Gasteiger partial charge in [-0.05, 0) is 73.0 Å². The van der Waals surface area contributed by atoms with Gasteiger partial charge in [0.25, 0.3) is 0 Å². The van der Waals surface area contributed by atoms with E-state index in [1.807, 2.05) is 12.2 Å². The predicted octanol–water partition coefficient (Wildman–Crippen LogP) is 5.62. The van der Waals surface area contributed by atoms with Gasteiger partial charge in [0.05, 0.1) is 5.56 Å². The third-order valence-electron chi connectivity index (χ3n) is 5.74. The Balaban J connectivity index is 1.55. The quantitative estimate of drug-likeness (QED) is 0.590. The van der Waals surface area contributed by atoms with E-state index in [4.69, 9.17) is 5.11 Å². The first-order chi connectivity index (χ1) is 14.8. The summed E-state index contributed by atoms with van der Waals surface area (Å²) in [5, 5.41) is 8.83. The van der Waals surface area contributed by atoms with Crippen LogP contribution < -0.4 is 0 Å². The fourth-order valence-electron chi connectivity index (χ4n) is 4.06. The van der Waals surface area contributed by atoms with Gasteiger partial charge >= 0.3 is 12.1 Å². The number of alkyl halides is 3. The van der Waals surface area contributed by atoms with E-state index in [1.54, 1.807) is 0 Å². The largest absolute Gasteiger partial charge is 0.481 e. The molecule has 0 radical (unpaired) electrons. The Hall–Kier alpha value is -2.60. The number of halogens is 3. The van der Waals surface area contributed by atoms with E-state index in [1.165, 1.54) is 28.8 Å². The monoisotopic (exact) mass is 431 g/mol. The lowest BCUT2D eigenvalue weighted by atomic mass is 9.94. The van der Waals surface area contributed by atoms with Crippen LogP contribution in [-0.2, 0) is 30.2 Å². The molecule has 0 saturated carbocycles. The molecule has 31 heavy (non-hydrogen) atoms. The summed E-state index contributed by atoms with van der Waals surface area (Å²) in [5.74, 6) is -0.746. The van der Waals surface area contributed by atoms with Crippen LogP contribution in [0, 0.1) is 0 Å². The topological polar surface area (TPSA) is 40.5 Å². The minimum atomic E-state index is -4.31. The maximum atomic E-state index is 12.7. The molecule has 1 aliphatic rings. The Morgan fingerprint density at radius 3 is 2.52 bits per heavy atom. The summed E-state index contributed by atoms with van der Waals surface area (Å²) >= 11 is 0. The standard InChI is InChI=1S/C25H28F3NO2/c26-25(27,28)22-12-10-19(11-13-22)5-1-2-6-20-7-3-8-21-14-17-29(18-15-23(20)21)16-4-9-24(30)31/h1,3,5,7-8,10-13H,2,4,6,9,14-18H2,(H,30,31)/b5-1+. The summed E-state index contributed by atoms with van der Waals surface area (Å²) < 4.78 is 38.0. The number of carboxylic acids is 1. The molecule has 0 fully saturated rings. The zero-order valence-corrected chi connectivity index (χ0v) is 17.5. The van der Waals surface area contributed by atoms with Crippen LogP contribution in [0.4, 0.5) is 13.2 Å². The van der Waals surface area contributed by atoms with Crippen molar-refractivity contribution >= 4 is 12.0 Å². The van der Waals surface area contributed by atoms with Gasteiger partial charge < -0.3 is 10.0 Å². The second-order valence-corrected chi connectivity index (χ2v) is 7.95. The molecule has 0 aromatic heterocycles. The van der Waals surface area contributed by atoms with Gasteiger partial charge in [0, 0.05) is 19.5 Å². The molecule has 2 aromatic rings. The Bertz CT molecular complexity index is 904. The molecule has 2 aromatic carbocycles. The molecule has 3 nitrogen and oxygen atoms in total. The number of hydrogen-bond donors (Lipinski definition) is 1. The van der Waals surface area contributed by atoms with E-state index >= 15 is 0 Å². The third kappa shape index (κ3) is 6.96. The molecule has 0 atom stereocenters. The van der Waals surface area contributed by atoms with Gasteiger partial charge in [0.1, 0.15) is 0 Å². The molecule has 1 heterocycles. The van der Waals surface area contributed by atoms with Gasteiger partial charge in [-0.25, -0.2) is 0 Å². The van der Waals surface area contributed by atoms with E-state index in [9.17, 15) is 18.0 Å². The fraction of sp³-hybridized carbons (Fsp3) is 0.400. The van der Waals surface area contributed by atoms with Crippen molar-refractivity contribution in [2.24, 2.45) is 0 Å². The zero-order valence-electron chi connectivity index (χ0n) is 17.5. The van der Waals surface area contributed by atoms with E-state index in [2.05, 4.69) is 23.1 Å². The Kier molecular flexibility index (Phi) is 7.91. The highest BCUT2D eigenvalue weighted by atomic mass is 19.4. The van der Waals surface area contributed by atoms with E-state index in [-0.39, 0.29) is 6.42 Å². The summed E-state index contributed by atoms with van der Waals surface area (Å²) in [6.45, 7) is 2.69. The summed E-state index contributed by atoms with van der Waals surface area (Å²) in [6, 6.07) is 11.6. The average molecular weight is 431 g/mol. The minimum Gasteiger partial charge on any atom is -0.481 e. The normalized spacial score (nSPS) is 15.1. The maximum absolute atomic E-state index is 12.7. The lowest BCUT2D eigenvalue weighted by Crippen LogP contribution is -2.28. The maximum Gasteiger partial charge on any atom is 0.416 e. The van der Waals surface area contributed by atoms with Crippen molar-refractivity contribution in [2.75, 3.05) is 19.6 Å². The number of rotatable bonds is 8. The number of nitrogens with zero attached hydrogens (tertiary/aromatic N) is 1. The van der Waals surface area contributed by atoms with Crippen molar-refractivity contribution in [1.82, 2.24) is 4.90 Å². The lowest BCUT2D eigenvalue weighted by Gasteiger charge is -2.19. The molecule has 1 aliphatic heterocycles. The molecule has 0 aliphatic carbocycles. The van der Waals surface area contributed by atoms with Crippen LogP contribution in [0.2, 0.25) is 0 Å². The van der Waals surface area contributed by atoms with Crippen LogP contribution >= 0.6 is 0 Å². The molecule has 0 unspecified atom stereocenters. The Labute approximate surface area is 181 Å². The number of hydrogen-bond acceptors (Lipinski definition) is 2. The average Bonchev–Trinajstić information content (AvgIpc) is 2.94. The number of carbonyl (C=O) groups is 1. The van der Waals surface area contributed by atoms with Gasteiger partial charge in [-0.15, -0.1) is 0 Å². The zero-order chi connectivity index (χ0) is 22.3. The molecule has 6 heteroatoms. The predicted molar refractivity (Wildman–Crippen MR) is 116 cm³/mol. The van der Waals surface area contributed by atoms with Gasteiger partial charge in [0.15, 0.2) is 0 Å². The van der Waals surface area contributed by atoms with Crippen LogP contribution in [0.25, 0.3) is 6.08 Å². The smallest absolute Gasteiger partial charge is 0.416 e. The number of fused-ring (bicyclic) bond motifs is 1. The van der Waals surface area contributed by atoms with E-state index in [0.717, 1.165) is 63.0 Å². The summed E-state index contributed by atoms with van der Waals surface area (Å²) in [5.41, 5.74) is 4.21. The van der Waals surface area contributed by atoms with Crippen molar-refractivity contribution in [3.8, 4) is 0 Å². The van der Waals surface area contributed by atoms with Gasteiger partial charge in [-0.2, -0.15) is 13.2 Å². The molecular weight excluding hydrogens is 403 g/mol. The highest BCUT2D eigenvalue weighted by Gasteiger charge is 2.29. The first-order valence-electron chi connectivity index (χ1n) is 10.7. The number of allylic oxidation sites excluding steroid dienone is 1. The number of carboxylic acid groups (broad SMARTS) is 1. The van der Waals surface area contributed by atoms with Crippen LogP contribution in [0.15, 0.2) is 48.5 Å². The summed E-state index contributed by atoms with van der Waals surface area (Å²) in [7, 11) is 0. The molecule has 3 rings (SSSR count). The molecule has 1 N–H and O–H groups in total.